The SMILES string of the molecule is [C-]#[N+]c1ccc(N2CCN(c3ccc(C#N)cc3)CC2)cc1. The van der Waals surface area contributed by atoms with Crippen molar-refractivity contribution in [2.24, 2.45) is 0 Å². The average molecular weight is 288 g/mol. The van der Waals surface area contributed by atoms with Crippen LogP contribution in [-0.4, -0.2) is 26.2 Å². The topological polar surface area (TPSA) is 34.6 Å². The van der Waals surface area contributed by atoms with E-state index in [0.29, 0.717) is 11.3 Å². The van der Waals surface area contributed by atoms with E-state index in [1.807, 2.05) is 48.5 Å². The van der Waals surface area contributed by atoms with Gasteiger partial charge >= 0.3 is 0 Å². The second kappa shape index (κ2) is 6.20. The molecule has 3 rings (SSSR count). The molecular formula is C18H16N4. The largest absolute Gasteiger partial charge is 0.368 e. The molecule has 108 valence electrons. The van der Waals surface area contributed by atoms with Gasteiger partial charge in [0.05, 0.1) is 18.2 Å². The Morgan fingerprint density at radius 2 is 1.27 bits per heavy atom. The summed E-state index contributed by atoms with van der Waals surface area (Å²) in [5, 5.41) is 8.85. The van der Waals surface area contributed by atoms with Gasteiger partial charge in [0.2, 0.25) is 0 Å². The highest BCUT2D eigenvalue weighted by Crippen LogP contribution is 2.23. The van der Waals surface area contributed by atoms with Crippen molar-refractivity contribution in [3.05, 3.63) is 65.5 Å². The van der Waals surface area contributed by atoms with Gasteiger partial charge in [-0.1, -0.05) is 12.1 Å². The number of nitriles is 1. The summed E-state index contributed by atoms with van der Waals surface area (Å²) in [6.07, 6.45) is 0. The lowest BCUT2D eigenvalue weighted by molar-refractivity contribution is 0.653. The number of hydrogen-bond acceptors (Lipinski definition) is 3. The Balaban J connectivity index is 1.64. The highest BCUT2D eigenvalue weighted by molar-refractivity contribution is 5.57. The Morgan fingerprint density at radius 1 is 0.818 bits per heavy atom. The van der Waals surface area contributed by atoms with E-state index in [1.54, 1.807) is 0 Å². The maximum atomic E-state index is 8.85. The molecule has 0 amide bonds. The van der Waals surface area contributed by atoms with Crippen LogP contribution < -0.4 is 9.80 Å². The first-order chi connectivity index (χ1) is 10.8. The first kappa shape index (κ1) is 14.0. The van der Waals surface area contributed by atoms with E-state index in [0.717, 1.165) is 26.2 Å². The van der Waals surface area contributed by atoms with Gasteiger partial charge in [0, 0.05) is 37.6 Å². The van der Waals surface area contributed by atoms with E-state index >= 15 is 0 Å². The zero-order valence-corrected chi connectivity index (χ0v) is 12.2. The third-order valence-corrected chi connectivity index (χ3v) is 3.99. The van der Waals surface area contributed by atoms with Crippen LogP contribution in [-0.2, 0) is 0 Å². The molecule has 4 nitrogen and oxygen atoms in total. The minimum atomic E-state index is 0.681. The van der Waals surface area contributed by atoms with E-state index in [2.05, 4.69) is 20.7 Å². The fourth-order valence-electron chi connectivity index (χ4n) is 2.71. The van der Waals surface area contributed by atoms with Gasteiger partial charge in [0.25, 0.3) is 0 Å². The third kappa shape index (κ3) is 2.87. The fraction of sp³-hybridized carbons (Fsp3) is 0.222. The number of hydrogen-bond donors (Lipinski definition) is 0. The number of rotatable bonds is 2. The molecule has 0 bridgehead atoms. The Morgan fingerprint density at radius 3 is 1.68 bits per heavy atom. The molecule has 0 N–H and O–H groups in total. The van der Waals surface area contributed by atoms with Crippen LogP contribution in [0.25, 0.3) is 4.85 Å². The van der Waals surface area contributed by atoms with Crippen molar-refractivity contribution >= 4 is 17.1 Å². The minimum absolute atomic E-state index is 0.681. The minimum Gasteiger partial charge on any atom is -0.368 e. The van der Waals surface area contributed by atoms with Gasteiger partial charge in [0.15, 0.2) is 5.69 Å². The normalized spacial score (nSPS) is 14.3. The summed E-state index contributed by atoms with van der Waals surface area (Å²) < 4.78 is 0. The summed E-state index contributed by atoms with van der Waals surface area (Å²) in [5.74, 6) is 0. The molecule has 2 aromatic carbocycles. The molecule has 1 fully saturated rings. The second-order valence-electron chi connectivity index (χ2n) is 5.26. The highest BCUT2D eigenvalue weighted by atomic mass is 15.3. The van der Waals surface area contributed by atoms with Crippen LogP contribution >= 0.6 is 0 Å². The van der Waals surface area contributed by atoms with Gasteiger partial charge in [-0.2, -0.15) is 5.26 Å². The molecule has 0 radical (unpaired) electrons. The van der Waals surface area contributed by atoms with Crippen LogP contribution in [0.1, 0.15) is 5.56 Å². The zero-order valence-electron chi connectivity index (χ0n) is 12.2. The molecule has 1 aliphatic heterocycles. The van der Waals surface area contributed by atoms with Crippen LogP contribution in [0.5, 0.6) is 0 Å². The number of nitrogens with zero attached hydrogens (tertiary/aromatic N) is 4. The lowest BCUT2D eigenvalue weighted by Gasteiger charge is -2.37. The molecule has 1 aliphatic rings. The van der Waals surface area contributed by atoms with E-state index in [-0.39, 0.29) is 0 Å². The second-order valence-corrected chi connectivity index (χ2v) is 5.26. The van der Waals surface area contributed by atoms with Crippen LogP contribution in [0.2, 0.25) is 0 Å². The molecule has 0 unspecified atom stereocenters. The summed E-state index contributed by atoms with van der Waals surface area (Å²) in [6, 6.07) is 17.7. The van der Waals surface area contributed by atoms with Crippen LogP contribution in [0.4, 0.5) is 17.1 Å². The Labute approximate surface area is 130 Å². The van der Waals surface area contributed by atoms with Crippen LogP contribution in [0, 0.1) is 17.9 Å². The molecule has 22 heavy (non-hydrogen) atoms. The summed E-state index contributed by atoms with van der Waals surface area (Å²) in [4.78, 5) is 8.10. The molecule has 2 aromatic rings. The highest BCUT2D eigenvalue weighted by Gasteiger charge is 2.17. The van der Waals surface area contributed by atoms with E-state index < -0.39 is 0 Å². The quantitative estimate of drug-likeness (QED) is 0.794. The first-order valence-corrected chi connectivity index (χ1v) is 7.28. The monoisotopic (exact) mass is 288 g/mol. The van der Waals surface area contributed by atoms with Gasteiger partial charge in [-0.15, -0.1) is 0 Å². The van der Waals surface area contributed by atoms with Crippen molar-refractivity contribution in [2.75, 3.05) is 36.0 Å². The Hall–Kier alpha value is -2.98. The summed E-state index contributed by atoms with van der Waals surface area (Å²) in [5.41, 5.74) is 3.72. The lowest BCUT2D eigenvalue weighted by Crippen LogP contribution is -2.46. The van der Waals surface area contributed by atoms with Gasteiger partial charge in [-0.25, -0.2) is 4.85 Å². The van der Waals surface area contributed by atoms with Crippen molar-refractivity contribution in [3.8, 4) is 6.07 Å². The van der Waals surface area contributed by atoms with Gasteiger partial charge in [-0.05, 0) is 36.4 Å². The zero-order chi connectivity index (χ0) is 15.4. The maximum absolute atomic E-state index is 8.85. The Kier molecular flexibility index (Phi) is 3.94. The average Bonchev–Trinajstić information content (AvgIpc) is 2.62. The standard InChI is InChI=1S/C18H16N4/c1-20-16-4-8-18(9-5-16)22-12-10-21(11-13-22)17-6-2-15(14-19)3-7-17/h2-9H,10-13H2. The first-order valence-electron chi connectivity index (χ1n) is 7.28. The smallest absolute Gasteiger partial charge is 0.187 e. The predicted molar refractivity (Wildman–Crippen MR) is 88.3 cm³/mol. The number of anilines is 2. The molecule has 0 atom stereocenters. The molecule has 1 heterocycles. The maximum Gasteiger partial charge on any atom is 0.187 e. The summed E-state index contributed by atoms with van der Waals surface area (Å²) in [7, 11) is 0. The third-order valence-electron chi connectivity index (χ3n) is 3.99. The molecule has 0 aromatic heterocycles. The van der Waals surface area contributed by atoms with E-state index in [4.69, 9.17) is 11.8 Å². The van der Waals surface area contributed by atoms with Gasteiger partial charge < -0.3 is 9.80 Å². The molecule has 0 spiro atoms. The van der Waals surface area contributed by atoms with E-state index in [9.17, 15) is 0 Å². The van der Waals surface area contributed by atoms with Crippen LogP contribution in [0.3, 0.4) is 0 Å². The van der Waals surface area contributed by atoms with Crippen LogP contribution in [0.15, 0.2) is 48.5 Å². The van der Waals surface area contributed by atoms with Gasteiger partial charge in [0.1, 0.15) is 0 Å². The summed E-state index contributed by atoms with van der Waals surface area (Å²) in [6.45, 7) is 10.8. The fourth-order valence-corrected chi connectivity index (χ4v) is 2.71. The van der Waals surface area contributed by atoms with Crippen molar-refractivity contribution < 1.29 is 0 Å². The van der Waals surface area contributed by atoms with Crippen molar-refractivity contribution in [1.82, 2.24) is 0 Å². The molecule has 0 aliphatic carbocycles. The van der Waals surface area contributed by atoms with Crippen molar-refractivity contribution in [1.29, 1.82) is 5.26 Å². The molecule has 4 heteroatoms. The van der Waals surface area contributed by atoms with E-state index in [1.165, 1.54) is 11.4 Å². The van der Waals surface area contributed by atoms with Crippen molar-refractivity contribution in [3.63, 3.8) is 0 Å². The predicted octanol–water partition coefficient (Wildman–Crippen LogP) is 3.44. The van der Waals surface area contributed by atoms with Gasteiger partial charge in [-0.3, -0.25) is 0 Å². The summed E-state index contributed by atoms with van der Waals surface area (Å²) >= 11 is 0. The number of benzene rings is 2. The number of piperazine rings is 1. The molecular weight excluding hydrogens is 272 g/mol. The molecule has 0 saturated carbocycles. The lowest BCUT2D eigenvalue weighted by atomic mass is 10.2. The molecule has 1 saturated heterocycles. The van der Waals surface area contributed by atoms with Crippen molar-refractivity contribution in [2.45, 2.75) is 0 Å². The Bertz CT molecular complexity index is 646.